The van der Waals surface area contributed by atoms with Gasteiger partial charge in [-0.25, -0.2) is 9.07 Å². The van der Waals surface area contributed by atoms with E-state index >= 15 is 0 Å². The maximum atomic E-state index is 14.3. The van der Waals surface area contributed by atoms with Crippen LogP contribution in [0.1, 0.15) is 24.8 Å². The van der Waals surface area contributed by atoms with Gasteiger partial charge in [-0.2, -0.15) is 18.3 Å². The molecule has 0 amide bonds. The second-order valence-corrected chi connectivity index (χ2v) is 8.29. The average Bonchev–Trinajstić information content (AvgIpc) is 3.27. The molecule has 0 saturated heterocycles. The van der Waals surface area contributed by atoms with Crippen molar-refractivity contribution in [3.05, 3.63) is 108 Å². The molecule has 1 aliphatic carbocycles. The summed E-state index contributed by atoms with van der Waals surface area (Å²) in [6.45, 7) is 0. The smallest absolute Gasteiger partial charge is 0.429 e. The number of fused-ring (bicyclic) bond motifs is 1. The van der Waals surface area contributed by atoms with Crippen molar-refractivity contribution in [1.29, 1.82) is 0 Å². The van der Waals surface area contributed by atoms with E-state index in [-0.39, 0.29) is 12.2 Å². The van der Waals surface area contributed by atoms with Gasteiger partial charge >= 0.3 is 6.18 Å². The van der Waals surface area contributed by atoms with E-state index in [0.29, 0.717) is 16.6 Å². The van der Waals surface area contributed by atoms with E-state index < -0.39 is 28.9 Å². The predicted octanol–water partition coefficient (Wildman–Crippen LogP) is 6.31. The monoisotopic (exact) mass is 484 g/mol. The van der Waals surface area contributed by atoms with Crippen LogP contribution in [0.2, 0.25) is 0 Å². The summed E-state index contributed by atoms with van der Waals surface area (Å²) in [4.78, 5) is 0. The van der Waals surface area contributed by atoms with E-state index in [4.69, 9.17) is 9.47 Å². The molecule has 1 aromatic heterocycles. The summed E-state index contributed by atoms with van der Waals surface area (Å²) in [7, 11) is 0. The van der Waals surface area contributed by atoms with Crippen LogP contribution in [0.4, 0.5) is 17.6 Å². The highest BCUT2D eigenvalue weighted by atomic mass is 19.4. The largest absolute Gasteiger partial charge is 0.465 e. The van der Waals surface area contributed by atoms with Gasteiger partial charge in [0, 0.05) is 17.4 Å². The minimum atomic E-state index is -5.11. The quantitative estimate of drug-likeness (QED) is 0.431. The molecule has 35 heavy (non-hydrogen) atoms. The minimum absolute atomic E-state index is 0.164. The summed E-state index contributed by atoms with van der Waals surface area (Å²) in [6, 6.07) is 9.31. The molecule has 2 aromatic carbocycles. The fraction of sp³-hybridized carbons (Fsp3) is 0.192. The molecule has 5 nitrogen and oxygen atoms in total. The Bertz CT molecular complexity index is 1380. The molecule has 0 radical (unpaired) electrons. The Balaban J connectivity index is 1.49. The molecule has 1 N–H and O–H groups in total. The van der Waals surface area contributed by atoms with Gasteiger partial charge in [0.15, 0.2) is 5.76 Å². The third-order valence-electron chi connectivity index (χ3n) is 5.94. The van der Waals surface area contributed by atoms with Gasteiger partial charge in [-0.15, -0.1) is 0 Å². The van der Waals surface area contributed by atoms with Crippen LogP contribution in [-0.2, 0) is 15.1 Å². The number of halogens is 4. The first-order chi connectivity index (χ1) is 16.8. The Kier molecular flexibility index (Phi) is 5.72. The summed E-state index contributed by atoms with van der Waals surface area (Å²) >= 11 is 0. The zero-order chi connectivity index (χ0) is 24.6. The average molecular weight is 484 g/mol. The van der Waals surface area contributed by atoms with E-state index in [0.717, 1.165) is 30.7 Å². The Morgan fingerprint density at radius 3 is 2.57 bits per heavy atom. The zero-order valence-corrected chi connectivity index (χ0v) is 18.3. The van der Waals surface area contributed by atoms with Gasteiger partial charge in [0.05, 0.1) is 17.4 Å². The SMILES string of the molecule is OC(C1=COC=C(CC2=CC=CCC2)O1)(c1ccc2c(cnn2-c2ccc(F)cc2)c1)C(F)(F)F. The van der Waals surface area contributed by atoms with Crippen molar-refractivity contribution < 1.29 is 32.1 Å². The molecule has 1 aliphatic heterocycles. The number of benzene rings is 2. The number of hydrogen-bond acceptors (Lipinski definition) is 4. The maximum absolute atomic E-state index is 14.3. The van der Waals surface area contributed by atoms with Gasteiger partial charge in [0.2, 0.25) is 5.60 Å². The number of nitrogens with zero attached hydrogens (tertiary/aromatic N) is 2. The van der Waals surface area contributed by atoms with Crippen molar-refractivity contribution in [2.24, 2.45) is 0 Å². The van der Waals surface area contributed by atoms with Gasteiger partial charge in [0.1, 0.15) is 24.1 Å². The molecule has 0 fully saturated rings. The highest BCUT2D eigenvalue weighted by Gasteiger charge is 2.60. The zero-order valence-electron chi connectivity index (χ0n) is 18.3. The number of allylic oxidation sites excluding steroid dienone is 4. The predicted molar refractivity (Wildman–Crippen MR) is 120 cm³/mol. The molecule has 0 bridgehead atoms. The number of aromatic nitrogens is 2. The number of hydrogen-bond donors (Lipinski definition) is 1. The molecule has 5 rings (SSSR count). The van der Waals surface area contributed by atoms with Crippen LogP contribution in [0.3, 0.4) is 0 Å². The van der Waals surface area contributed by atoms with Gasteiger partial charge in [0.25, 0.3) is 0 Å². The van der Waals surface area contributed by atoms with Crippen molar-refractivity contribution in [2.45, 2.75) is 31.0 Å². The van der Waals surface area contributed by atoms with Gasteiger partial charge in [-0.05, 0) is 49.2 Å². The molecule has 1 unspecified atom stereocenters. The fourth-order valence-electron chi connectivity index (χ4n) is 4.11. The Labute approximate surface area is 197 Å². The lowest BCUT2D eigenvalue weighted by Crippen LogP contribution is -2.45. The number of ether oxygens (including phenoxy) is 2. The van der Waals surface area contributed by atoms with E-state index in [1.165, 1.54) is 53.5 Å². The lowest BCUT2D eigenvalue weighted by atomic mass is 9.90. The first-order valence-electron chi connectivity index (χ1n) is 10.9. The number of aliphatic hydroxyl groups is 1. The fourth-order valence-corrected chi connectivity index (χ4v) is 4.11. The van der Waals surface area contributed by atoms with E-state index in [2.05, 4.69) is 5.10 Å². The third kappa shape index (κ3) is 4.23. The molecule has 1 atom stereocenters. The lowest BCUT2D eigenvalue weighted by molar-refractivity contribution is -0.262. The summed E-state index contributed by atoms with van der Waals surface area (Å²) in [5, 5.41) is 15.6. The molecular weight excluding hydrogens is 464 g/mol. The topological polar surface area (TPSA) is 56.5 Å². The summed E-state index contributed by atoms with van der Waals surface area (Å²) in [5.41, 5.74) is -1.91. The Morgan fingerprint density at radius 1 is 1.06 bits per heavy atom. The third-order valence-corrected chi connectivity index (χ3v) is 5.94. The molecule has 3 aromatic rings. The highest BCUT2D eigenvalue weighted by Crippen LogP contribution is 2.47. The van der Waals surface area contributed by atoms with Crippen molar-refractivity contribution in [3.63, 3.8) is 0 Å². The van der Waals surface area contributed by atoms with Crippen LogP contribution in [0.5, 0.6) is 0 Å². The van der Waals surface area contributed by atoms with Crippen molar-refractivity contribution in [2.75, 3.05) is 0 Å². The van der Waals surface area contributed by atoms with Gasteiger partial charge in [-0.3, -0.25) is 0 Å². The summed E-state index contributed by atoms with van der Waals surface area (Å²) in [6.07, 6.45) is 5.87. The normalized spacial score (nSPS) is 17.7. The Morgan fingerprint density at radius 2 is 1.86 bits per heavy atom. The number of rotatable bonds is 5. The van der Waals surface area contributed by atoms with Crippen LogP contribution in [0.15, 0.2) is 96.5 Å². The van der Waals surface area contributed by atoms with Crippen LogP contribution in [0.25, 0.3) is 16.6 Å². The first-order valence-corrected chi connectivity index (χ1v) is 10.9. The second-order valence-electron chi connectivity index (χ2n) is 8.29. The minimum Gasteiger partial charge on any atom is -0.465 e. The molecule has 0 saturated carbocycles. The van der Waals surface area contributed by atoms with E-state index in [9.17, 15) is 22.7 Å². The van der Waals surface area contributed by atoms with Crippen LogP contribution in [0, 0.1) is 5.82 Å². The van der Waals surface area contributed by atoms with Crippen LogP contribution in [-0.4, -0.2) is 21.1 Å². The van der Waals surface area contributed by atoms with Crippen molar-refractivity contribution in [3.8, 4) is 5.69 Å². The standard InChI is InChI=1S/C26H20F4N2O3/c27-20-7-9-21(10-8-20)32-23-11-6-19(13-18(23)14-31-32)25(33,26(28,29)30)24-16-34-15-22(35-24)12-17-4-2-1-3-5-17/h1-2,4,6-11,13-16,33H,3,5,12H2. The molecule has 2 heterocycles. The molecule has 0 spiro atoms. The lowest BCUT2D eigenvalue weighted by Gasteiger charge is -2.34. The van der Waals surface area contributed by atoms with E-state index in [1.807, 2.05) is 18.2 Å². The van der Waals surface area contributed by atoms with Crippen molar-refractivity contribution in [1.82, 2.24) is 9.78 Å². The second kappa shape index (κ2) is 8.74. The molecule has 9 heteroatoms. The molecule has 180 valence electrons. The number of alkyl halides is 3. The summed E-state index contributed by atoms with van der Waals surface area (Å²) in [5.74, 6) is -1.04. The first kappa shape index (κ1) is 22.9. The highest BCUT2D eigenvalue weighted by molar-refractivity contribution is 5.81. The summed E-state index contributed by atoms with van der Waals surface area (Å²) < 4.78 is 68.5. The maximum Gasteiger partial charge on any atom is 0.429 e. The van der Waals surface area contributed by atoms with Gasteiger partial charge < -0.3 is 14.6 Å². The van der Waals surface area contributed by atoms with Gasteiger partial charge in [-0.1, -0.05) is 29.9 Å². The van der Waals surface area contributed by atoms with Crippen LogP contribution >= 0.6 is 0 Å². The molecular formula is C26H20F4N2O3. The molecule has 2 aliphatic rings. The van der Waals surface area contributed by atoms with E-state index in [1.54, 1.807) is 0 Å². The van der Waals surface area contributed by atoms with Crippen LogP contribution < -0.4 is 0 Å². The Hall–Kier alpha value is -3.85. The van der Waals surface area contributed by atoms with Crippen molar-refractivity contribution >= 4 is 10.9 Å².